The predicted molar refractivity (Wildman–Crippen MR) is 139 cm³/mol. The van der Waals surface area contributed by atoms with Crippen molar-refractivity contribution in [1.29, 1.82) is 0 Å². The number of aromatic nitrogens is 2. The summed E-state index contributed by atoms with van der Waals surface area (Å²) in [6.07, 6.45) is 1.65. The first kappa shape index (κ1) is 26.3. The van der Waals surface area contributed by atoms with E-state index in [1.807, 2.05) is 25.9 Å². The summed E-state index contributed by atoms with van der Waals surface area (Å²) in [5, 5.41) is 6.12. The average molecular weight is 511 g/mol. The number of benzene rings is 2. The lowest BCUT2D eigenvalue weighted by Gasteiger charge is -2.22. The summed E-state index contributed by atoms with van der Waals surface area (Å²) in [7, 11) is 3.69. The fourth-order valence-corrected chi connectivity index (χ4v) is 4.23. The summed E-state index contributed by atoms with van der Waals surface area (Å²) in [6.45, 7) is 4.31. The van der Waals surface area contributed by atoms with Crippen LogP contribution < -0.4 is 20.3 Å². The molecule has 0 spiro atoms. The van der Waals surface area contributed by atoms with Crippen LogP contribution in [-0.2, 0) is 6.54 Å². The third-order valence-electron chi connectivity index (χ3n) is 6.23. The van der Waals surface area contributed by atoms with Crippen molar-refractivity contribution in [2.75, 3.05) is 50.5 Å². The maximum absolute atomic E-state index is 15.2. The van der Waals surface area contributed by atoms with Gasteiger partial charge in [0.1, 0.15) is 34.9 Å². The van der Waals surface area contributed by atoms with Gasteiger partial charge in [0, 0.05) is 57.5 Å². The highest BCUT2D eigenvalue weighted by molar-refractivity contribution is 5.99. The van der Waals surface area contributed by atoms with Crippen molar-refractivity contribution in [1.82, 2.24) is 20.2 Å². The Bertz CT molecular complexity index is 1240. The fraction of sp³-hybridized carbons (Fsp3) is 0.370. The van der Waals surface area contributed by atoms with Gasteiger partial charge in [0.15, 0.2) is 0 Å². The number of carbonyl (C=O) groups excluding carboxylic acids is 1. The summed E-state index contributed by atoms with van der Waals surface area (Å²) < 4.78 is 35.0. The van der Waals surface area contributed by atoms with Gasteiger partial charge in [0.05, 0.1) is 0 Å². The van der Waals surface area contributed by atoms with Crippen molar-refractivity contribution >= 4 is 17.7 Å². The van der Waals surface area contributed by atoms with Gasteiger partial charge in [-0.1, -0.05) is 18.2 Å². The molecule has 3 aromatic rings. The number of hydrogen-bond donors (Lipinski definition) is 2. The van der Waals surface area contributed by atoms with Crippen LogP contribution >= 0.6 is 0 Å². The van der Waals surface area contributed by atoms with Crippen LogP contribution in [0.15, 0.2) is 48.7 Å². The van der Waals surface area contributed by atoms with Crippen molar-refractivity contribution in [2.24, 2.45) is 0 Å². The number of halogens is 2. The molecule has 0 bridgehead atoms. The van der Waals surface area contributed by atoms with Crippen LogP contribution in [0.3, 0.4) is 0 Å². The van der Waals surface area contributed by atoms with Crippen molar-refractivity contribution in [3.05, 3.63) is 77.0 Å². The molecular weight excluding hydrogens is 478 g/mol. The molecule has 0 unspecified atom stereocenters. The summed E-state index contributed by atoms with van der Waals surface area (Å²) in [4.78, 5) is 25.5. The summed E-state index contributed by atoms with van der Waals surface area (Å²) in [6, 6.07) is 10.8. The van der Waals surface area contributed by atoms with Crippen molar-refractivity contribution in [2.45, 2.75) is 26.0 Å². The van der Waals surface area contributed by atoms with Gasteiger partial charge in [-0.25, -0.2) is 13.8 Å². The van der Waals surface area contributed by atoms with Crippen LogP contribution in [-0.4, -0.2) is 61.0 Å². The lowest BCUT2D eigenvalue weighted by molar-refractivity contribution is 0.0753. The van der Waals surface area contributed by atoms with Crippen LogP contribution in [0, 0.1) is 11.6 Å². The molecule has 0 aliphatic carbocycles. The van der Waals surface area contributed by atoms with Gasteiger partial charge in [-0.05, 0) is 44.3 Å². The van der Waals surface area contributed by atoms with Gasteiger partial charge in [-0.15, -0.1) is 0 Å². The number of hydrogen-bond acceptors (Lipinski definition) is 7. The number of likely N-dealkylation sites (N-methyl/N-ethyl adjacent to an activating group) is 1. The molecule has 8 nitrogen and oxygen atoms in total. The Labute approximate surface area is 215 Å². The van der Waals surface area contributed by atoms with Crippen LogP contribution in [0.5, 0.6) is 5.75 Å². The zero-order valence-corrected chi connectivity index (χ0v) is 21.3. The third-order valence-corrected chi connectivity index (χ3v) is 6.23. The quantitative estimate of drug-likeness (QED) is 0.427. The Hall–Kier alpha value is -3.79. The fourth-order valence-electron chi connectivity index (χ4n) is 4.23. The normalized spacial score (nSPS) is 14.2. The lowest BCUT2D eigenvalue weighted by Crippen LogP contribution is -2.33. The molecule has 1 aliphatic rings. The molecule has 4 rings (SSSR count). The second kappa shape index (κ2) is 12.0. The predicted octanol–water partition coefficient (Wildman–Crippen LogP) is 4.01. The molecule has 0 radical (unpaired) electrons. The van der Waals surface area contributed by atoms with Gasteiger partial charge in [-0.2, -0.15) is 4.98 Å². The number of fused-ring (bicyclic) bond motifs is 1. The second-order valence-corrected chi connectivity index (χ2v) is 8.92. The van der Waals surface area contributed by atoms with Gasteiger partial charge in [0.25, 0.3) is 5.91 Å². The Kier molecular flexibility index (Phi) is 8.50. The number of ether oxygens (including phenoxy) is 1. The van der Waals surface area contributed by atoms with E-state index >= 15 is 4.39 Å². The molecule has 0 fully saturated rings. The number of amides is 1. The van der Waals surface area contributed by atoms with E-state index in [1.165, 1.54) is 24.4 Å². The van der Waals surface area contributed by atoms with E-state index in [1.54, 1.807) is 29.2 Å². The van der Waals surface area contributed by atoms with Crippen LogP contribution in [0.25, 0.3) is 0 Å². The average Bonchev–Trinajstić information content (AvgIpc) is 3.00. The number of nitrogens with one attached hydrogen (secondary N) is 2. The first-order chi connectivity index (χ1) is 17.9. The minimum Gasteiger partial charge on any atom is -0.486 e. The highest BCUT2D eigenvalue weighted by Gasteiger charge is 2.28. The molecule has 0 saturated heterocycles. The zero-order valence-electron chi connectivity index (χ0n) is 21.3. The first-order valence-corrected chi connectivity index (χ1v) is 12.4. The lowest BCUT2D eigenvalue weighted by atomic mass is 10.1. The number of carbonyl (C=O) groups is 1. The Morgan fingerprint density at radius 2 is 2.00 bits per heavy atom. The molecule has 2 heterocycles. The van der Waals surface area contributed by atoms with Crippen molar-refractivity contribution < 1.29 is 18.3 Å². The standard InChI is InChI=1S/C27H32F2N6O2/c1-4-31-27-32-16-22-25(33-27)34(3)12-13-35(26(22)36)17-19-8-9-21(15-23(19)29)37-24(10-11-30-2)18-6-5-7-20(28)14-18/h5-9,14-16,24,30H,4,10-13,17H2,1-3H3,(H,31,32,33)/t24-/m0/s1. The molecule has 1 amide bonds. The summed E-state index contributed by atoms with van der Waals surface area (Å²) >= 11 is 0. The maximum Gasteiger partial charge on any atom is 0.259 e. The van der Waals surface area contributed by atoms with Gasteiger partial charge in [-0.3, -0.25) is 4.79 Å². The first-order valence-electron chi connectivity index (χ1n) is 12.4. The van der Waals surface area contributed by atoms with E-state index in [2.05, 4.69) is 20.6 Å². The summed E-state index contributed by atoms with van der Waals surface area (Å²) in [5.74, 6) is 0.265. The zero-order chi connectivity index (χ0) is 26.4. The molecule has 1 atom stereocenters. The van der Waals surface area contributed by atoms with Crippen LogP contribution in [0.4, 0.5) is 20.5 Å². The van der Waals surface area contributed by atoms with E-state index < -0.39 is 11.9 Å². The van der Waals surface area contributed by atoms with Crippen LogP contribution in [0.2, 0.25) is 0 Å². The molecular formula is C27H32F2N6O2. The number of nitrogens with zero attached hydrogens (tertiary/aromatic N) is 4. The van der Waals surface area contributed by atoms with Crippen LogP contribution in [0.1, 0.15) is 40.9 Å². The SMILES string of the molecule is CCNc1ncc2c(n1)N(C)CCN(Cc1ccc(O[C@@H](CCNC)c3cccc(F)c3)cc1F)C2=O. The molecule has 1 aliphatic heterocycles. The molecule has 37 heavy (non-hydrogen) atoms. The Morgan fingerprint density at radius 3 is 2.73 bits per heavy atom. The second-order valence-electron chi connectivity index (χ2n) is 8.92. The largest absolute Gasteiger partial charge is 0.486 e. The van der Waals surface area contributed by atoms with E-state index in [4.69, 9.17) is 4.74 Å². The molecule has 1 aromatic heterocycles. The minimum atomic E-state index is -0.478. The van der Waals surface area contributed by atoms with E-state index in [-0.39, 0.29) is 18.3 Å². The monoisotopic (exact) mass is 510 g/mol. The van der Waals surface area contributed by atoms with Gasteiger partial charge < -0.3 is 25.2 Å². The van der Waals surface area contributed by atoms with Gasteiger partial charge in [0.2, 0.25) is 5.95 Å². The highest BCUT2D eigenvalue weighted by atomic mass is 19.1. The molecule has 2 aromatic carbocycles. The van der Waals surface area contributed by atoms with E-state index in [0.717, 1.165) is 0 Å². The maximum atomic E-state index is 15.2. The number of rotatable bonds is 10. The highest BCUT2D eigenvalue weighted by Crippen LogP contribution is 2.28. The smallest absolute Gasteiger partial charge is 0.259 e. The summed E-state index contributed by atoms with van der Waals surface area (Å²) in [5.41, 5.74) is 1.43. The van der Waals surface area contributed by atoms with Gasteiger partial charge >= 0.3 is 0 Å². The third kappa shape index (κ3) is 6.32. The Morgan fingerprint density at radius 1 is 1.16 bits per heavy atom. The topological polar surface area (TPSA) is 82.6 Å². The van der Waals surface area contributed by atoms with Crippen molar-refractivity contribution in [3.8, 4) is 5.75 Å². The number of anilines is 2. The molecule has 196 valence electrons. The van der Waals surface area contributed by atoms with E-state index in [0.29, 0.717) is 66.8 Å². The molecule has 2 N–H and O–H groups in total. The minimum absolute atomic E-state index is 0.0975. The molecule has 0 saturated carbocycles. The Balaban J connectivity index is 1.51. The van der Waals surface area contributed by atoms with Crippen molar-refractivity contribution in [3.63, 3.8) is 0 Å². The molecule has 10 heteroatoms. The van der Waals surface area contributed by atoms with E-state index in [9.17, 15) is 9.18 Å².